The molecule has 3 aliphatic rings. The maximum atomic E-state index is 12.1. The molecule has 0 N–H and O–H groups in total. The number of rotatable bonds is 0. The first-order valence-electron chi connectivity index (χ1n) is 5.33. The highest BCUT2D eigenvalue weighted by Crippen LogP contribution is 2.39. The van der Waals surface area contributed by atoms with Crippen LogP contribution in [0.2, 0.25) is 0 Å². The first kappa shape index (κ1) is 9.78. The Morgan fingerprint density at radius 1 is 1.06 bits per heavy atom. The van der Waals surface area contributed by atoms with Gasteiger partial charge in [-0.1, -0.05) is 0 Å². The minimum absolute atomic E-state index is 0.0259. The van der Waals surface area contributed by atoms with Gasteiger partial charge in [0, 0.05) is 0 Å². The van der Waals surface area contributed by atoms with Crippen LogP contribution in [-0.2, 0) is 19.1 Å². The van der Waals surface area contributed by atoms with Crippen molar-refractivity contribution >= 4 is 11.6 Å². The summed E-state index contributed by atoms with van der Waals surface area (Å²) in [4.78, 5) is 23.8. The number of hydrogen-bond acceptors (Lipinski definition) is 4. The van der Waals surface area contributed by atoms with Crippen LogP contribution in [0.3, 0.4) is 0 Å². The lowest BCUT2D eigenvalue weighted by atomic mass is 9.76. The summed E-state index contributed by atoms with van der Waals surface area (Å²) in [5.41, 5.74) is 1.69. The average molecular weight is 220 g/mol. The fourth-order valence-corrected chi connectivity index (χ4v) is 2.61. The molecule has 4 atom stereocenters. The number of carbonyl (C=O) groups excluding carboxylic acids is 2. The van der Waals surface area contributed by atoms with E-state index in [2.05, 4.69) is 0 Å². The minimum Gasteiger partial charge on any atom is -0.487 e. The minimum atomic E-state index is -0.748. The number of ether oxygens (including phenoxy) is 2. The van der Waals surface area contributed by atoms with E-state index >= 15 is 0 Å². The molecule has 3 heterocycles. The van der Waals surface area contributed by atoms with Gasteiger partial charge in [0.25, 0.3) is 0 Å². The zero-order valence-corrected chi connectivity index (χ0v) is 9.10. The van der Waals surface area contributed by atoms with Crippen molar-refractivity contribution < 1.29 is 19.1 Å². The van der Waals surface area contributed by atoms with E-state index in [1.807, 2.05) is 13.8 Å². The molecule has 3 aliphatic heterocycles. The van der Waals surface area contributed by atoms with Gasteiger partial charge in [0.05, 0.1) is 18.3 Å². The quantitative estimate of drug-likeness (QED) is 0.605. The Morgan fingerprint density at radius 3 is 2.56 bits per heavy atom. The van der Waals surface area contributed by atoms with E-state index in [0.29, 0.717) is 0 Å². The van der Waals surface area contributed by atoms with E-state index < -0.39 is 12.2 Å². The molecule has 0 amide bonds. The maximum Gasteiger partial charge on any atom is 0.190 e. The third-order valence-electron chi connectivity index (χ3n) is 3.45. The summed E-state index contributed by atoms with van der Waals surface area (Å²) >= 11 is 0. The van der Waals surface area contributed by atoms with Gasteiger partial charge >= 0.3 is 0 Å². The molecule has 4 nitrogen and oxygen atoms in total. The Bertz CT molecular complexity index is 446. The molecule has 0 aromatic rings. The molecule has 4 bridgehead atoms. The van der Waals surface area contributed by atoms with Crippen LogP contribution in [0.1, 0.15) is 13.8 Å². The van der Waals surface area contributed by atoms with Crippen LogP contribution in [0, 0.1) is 5.92 Å². The molecule has 0 unspecified atom stereocenters. The number of carbonyl (C=O) groups is 2. The normalized spacial score (nSPS) is 41.1. The van der Waals surface area contributed by atoms with Crippen LogP contribution in [0.4, 0.5) is 0 Å². The Kier molecular flexibility index (Phi) is 1.86. The second-order valence-corrected chi connectivity index (χ2v) is 4.57. The van der Waals surface area contributed by atoms with Crippen LogP contribution >= 0.6 is 0 Å². The molecule has 4 heteroatoms. The van der Waals surface area contributed by atoms with Crippen molar-refractivity contribution in [3.05, 3.63) is 23.5 Å². The summed E-state index contributed by atoms with van der Waals surface area (Å²) in [5, 5.41) is 0. The Balaban J connectivity index is 2.14. The average Bonchev–Trinajstić information content (AvgIpc) is 2.21. The number of hydrogen-bond donors (Lipinski definition) is 0. The van der Waals surface area contributed by atoms with Crippen molar-refractivity contribution in [2.24, 2.45) is 5.92 Å². The van der Waals surface area contributed by atoms with Gasteiger partial charge in [-0.2, -0.15) is 0 Å². The summed E-state index contributed by atoms with van der Waals surface area (Å²) in [6.07, 6.45) is 1.38. The fourth-order valence-electron chi connectivity index (χ4n) is 2.61. The lowest BCUT2D eigenvalue weighted by Crippen LogP contribution is -2.59. The Morgan fingerprint density at radius 2 is 1.81 bits per heavy atom. The van der Waals surface area contributed by atoms with Crippen molar-refractivity contribution in [2.75, 3.05) is 0 Å². The molecule has 0 spiro atoms. The molecule has 0 aromatic carbocycles. The molecule has 0 radical (unpaired) electrons. The molecule has 0 aromatic heterocycles. The van der Waals surface area contributed by atoms with Crippen LogP contribution < -0.4 is 0 Å². The van der Waals surface area contributed by atoms with Gasteiger partial charge in [-0.15, -0.1) is 0 Å². The highest BCUT2D eigenvalue weighted by molar-refractivity contribution is 6.03. The summed E-state index contributed by atoms with van der Waals surface area (Å²) in [6.45, 7) is 3.68. The zero-order chi connectivity index (χ0) is 11.4. The molecule has 3 rings (SSSR count). The van der Waals surface area contributed by atoms with Crippen LogP contribution in [-0.4, -0.2) is 29.9 Å². The predicted octanol–water partition coefficient (Wildman–Crippen LogP) is 0.771. The molecule has 0 saturated carbocycles. The highest BCUT2D eigenvalue weighted by Gasteiger charge is 2.53. The monoisotopic (exact) mass is 220 g/mol. The zero-order valence-electron chi connectivity index (χ0n) is 9.10. The number of ketones is 2. The van der Waals surface area contributed by atoms with Crippen molar-refractivity contribution in [2.45, 2.75) is 32.2 Å². The molecule has 1 saturated heterocycles. The third kappa shape index (κ3) is 1.08. The second kappa shape index (κ2) is 3.04. The first-order valence-corrected chi connectivity index (χ1v) is 5.33. The van der Waals surface area contributed by atoms with E-state index in [4.69, 9.17) is 9.47 Å². The highest BCUT2D eigenvalue weighted by atomic mass is 16.6. The predicted molar refractivity (Wildman–Crippen MR) is 54.6 cm³/mol. The summed E-state index contributed by atoms with van der Waals surface area (Å²) in [7, 11) is 0. The van der Waals surface area contributed by atoms with E-state index in [9.17, 15) is 9.59 Å². The standard InChI is InChI=1S/C12H12O4/c1-5-3-7(13)11-12-9(14)8(10(5)16-11)6(2)4-15-12/h3-4,8,10-12H,1-2H3/t8-,10-,11-,12-/m0/s1. The van der Waals surface area contributed by atoms with E-state index in [1.165, 1.54) is 0 Å². The van der Waals surface area contributed by atoms with Crippen LogP contribution in [0.25, 0.3) is 0 Å². The van der Waals surface area contributed by atoms with Gasteiger partial charge in [-0.05, 0) is 31.1 Å². The van der Waals surface area contributed by atoms with Crippen LogP contribution in [0.5, 0.6) is 0 Å². The van der Waals surface area contributed by atoms with E-state index in [-0.39, 0.29) is 23.6 Å². The van der Waals surface area contributed by atoms with Crippen molar-refractivity contribution in [1.29, 1.82) is 0 Å². The number of Topliss-reactive ketones (excluding diaryl/α,β-unsaturated/α-hetero) is 1. The largest absolute Gasteiger partial charge is 0.487 e. The van der Waals surface area contributed by atoms with E-state index in [1.54, 1.807) is 12.3 Å². The molecular formula is C12H12O4. The summed E-state index contributed by atoms with van der Waals surface area (Å²) < 4.78 is 10.9. The van der Waals surface area contributed by atoms with E-state index in [0.717, 1.165) is 11.1 Å². The SMILES string of the molecule is CC1=CO[C@H]2C(=O)[C@H]1[C@H]1O[C@H]2C(=O)C=C1C. The van der Waals surface area contributed by atoms with Crippen molar-refractivity contribution in [3.8, 4) is 0 Å². The molecule has 1 fully saturated rings. The first-order chi connectivity index (χ1) is 7.59. The Labute approximate surface area is 92.9 Å². The van der Waals surface area contributed by atoms with Gasteiger partial charge in [0.2, 0.25) is 0 Å². The van der Waals surface area contributed by atoms with Gasteiger partial charge in [0.15, 0.2) is 23.8 Å². The van der Waals surface area contributed by atoms with Gasteiger partial charge in [0.1, 0.15) is 0 Å². The van der Waals surface area contributed by atoms with Gasteiger partial charge < -0.3 is 9.47 Å². The van der Waals surface area contributed by atoms with Crippen molar-refractivity contribution in [1.82, 2.24) is 0 Å². The topological polar surface area (TPSA) is 52.6 Å². The lowest BCUT2D eigenvalue weighted by molar-refractivity contribution is -0.175. The Hall–Kier alpha value is -1.42. The lowest BCUT2D eigenvalue weighted by Gasteiger charge is -2.44. The van der Waals surface area contributed by atoms with Gasteiger partial charge in [-0.25, -0.2) is 0 Å². The number of fused-ring (bicyclic) bond motifs is 6. The molecule has 84 valence electrons. The molecule has 16 heavy (non-hydrogen) atoms. The third-order valence-corrected chi connectivity index (χ3v) is 3.45. The fraction of sp³-hybridized carbons (Fsp3) is 0.500. The smallest absolute Gasteiger partial charge is 0.190 e. The molecular weight excluding hydrogens is 208 g/mol. The molecule has 0 aliphatic carbocycles. The van der Waals surface area contributed by atoms with Gasteiger partial charge in [-0.3, -0.25) is 9.59 Å². The summed E-state index contributed by atoms with van der Waals surface area (Å²) in [6, 6.07) is 0. The summed E-state index contributed by atoms with van der Waals surface area (Å²) in [5.74, 6) is -0.472. The van der Waals surface area contributed by atoms with Crippen molar-refractivity contribution in [3.63, 3.8) is 0 Å². The second-order valence-electron chi connectivity index (χ2n) is 4.57. The van der Waals surface area contributed by atoms with Crippen LogP contribution in [0.15, 0.2) is 23.5 Å². The maximum absolute atomic E-state index is 12.1.